The molecule has 0 aliphatic carbocycles. The summed E-state index contributed by atoms with van der Waals surface area (Å²) < 4.78 is 71.1. The monoisotopic (exact) mass is 558 g/mol. The Morgan fingerprint density at radius 2 is 1.69 bits per heavy atom. The number of nitrogens with zero attached hydrogens (tertiary/aromatic N) is 6. The number of halogens is 5. The van der Waals surface area contributed by atoms with Crippen molar-refractivity contribution in [2.75, 3.05) is 10.7 Å². The fraction of sp³-hybridized carbons (Fsp3) is 0.154. The maximum Gasteiger partial charge on any atom is 0.573 e. The van der Waals surface area contributed by atoms with Gasteiger partial charge in [0.2, 0.25) is 0 Å². The Labute approximate surface area is 223 Å². The Morgan fingerprint density at radius 1 is 1.00 bits per heavy atom. The lowest BCUT2D eigenvalue weighted by atomic mass is 10.1. The van der Waals surface area contributed by atoms with Crippen molar-refractivity contribution < 1.29 is 26.7 Å². The van der Waals surface area contributed by atoms with Gasteiger partial charge in [0.05, 0.1) is 11.9 Å². The van der Waals surface area contributed by atoms with Crippen LogP contribution in [0.5, 0.6) is 5.75 Å². The molecule has 0 spiro atoms. The molecular formula is C26H19F5N6OS. The highest BCUT2D eigenvalue weighted by atomic mass is 32.2. The van der Waals surface area contributed by atoms with Gasteiger partial charge in [-0.25, -0.2) is 18.4 Å². The van der Waals surface area contributed by atoms with E-state index in [1.54, 1.807) is 24.3 Å². The van der Waals surface area contributed by atoms with Crippen LogP contribution in [0.15, 0.2) is 83.3 Å². The molecule has 3 aromatic carbocycles. The molecule has 0 bridgehead atoms. The summed E-state index contributed by atoms with van der Waals surface area (Å²) in [4.78, 5) is 5.77. The van der Waals surface area contributed by atoms with Crippen LogP contribution in [0.1, 0.15) is 12.5 Å². The summed E-state index contributed by atoms with van der Waals surface area (Å²) in [5.41, 5.74) is 1.79. The molecule has 1 fully saturated rings. The average Bonchev–Trinajstić information content (AvgIpc) is 3.52. The molecule has 0 amide bonds. The van der Waals surface area contributed by atoms with Crippen LogP contribution in [0, 0.1) is 11.6 Å². The van der Waals surface area contributed by atoms with Gasteiger partial charge in [0.25, 0.3) is 0 Å². The van der Waals surface area contributed by atoms with E-state index in [4.69, 9.17) is 0 Å². The maximum absolute atomic E-state index is 14.3. The van der Waals surface area contributed by atoms with Crippen molar-refractivity contribution in [3.8, 4) is 22.8 Å². The van der Waals surface area contributed by atoms with Crippen molar-refractivity contribution in [3.05, 3.63) is 90.3 Å². The smallest absolute Gasteiger partial charge is 0.406 e. The van der Waals surface area contributed by atoms with Gasteiger partial charge in [-0.15, -0.1) is 23.4 Å². The zero-order valence-corrected chi connectivity index (χ0v) is 21.0. The number of hydrogen-bond acceptors (Lipinski definition) is 6. The van der Waals surface area contributed by atoms with Gasteiger partial charge in [-0.2, -0.15) is 5.10 Å². The fourth-order valence-corrected chi connectivity index (χ4v) is 4.88. The number of alkyl halides is 3. The van der Waals surface area contributed by atoms with Crippen molar-refractivity contribution in [2.24, 2.45) is 10.2 Å². The van der Waals surface area contributed by atoms with E-state index in [-0.39, 0.29) is 17.5 Å². The van der Waals surface area contributed by atoms with Crippen LogP contribution in [-0.2, 0) is 0 Å². The van der Waals surface area contributed by atoms with Crippen molar-refractivity contribution >= 4 is 28.8 Å². The molecule has 39 heavy (non-hydrogen) atoms. The first-order valence-electron chi connectivity index (χ1n) is 11.5. The number of benzene rings is 3. The minimum absolute atomic E-state index is 0.147. The molecule has 1 aliphatic heterocycles. The Balaban J connectivity index is 1.27. The molecule has 0 N–H and O–H groups in total. The van der Waals surface area contributed by atoms with Crippen LogP contribution < -0.4 is 9.64 Å². The second-order valence-electron chi connectivity index (χ2n) is 8.40. The second-order valence-corrected chi connectivity index (χ2v) is 9.39. The molecule has 1 aromatic heterocycles. The van der Waals surface area contributed by atoms with Gasteiger partial charge in [-0.05, 0) is 48.9 Å². The number of hydrogen-bond donors (Lipinski definition) is 0. The summed E-state index contributed by atoms with van der Waals surface area (Å²) in [7, 11) is 0. The van der Waals surface area contributed by atoms with Crippen molar-refractivity contribution in [2.45, 2.75) is 19.3 Å². The average molecular weight is 559 g/mol. The molecule has 0 saturated carbocycles. The summed E-state index contributed by atoms with van der Waals surface area (Å²) in [6, 6.07) is 15.9. The number of thioether (sulfide) groups is 1. The molecule has 7 nitrogen and oxygen atoms in total. The van der Waals surface area contributed by atoms with Gasteiger partial charge in [-0.3, -0.25) is 0 Å². The number of aromatic nitrogens is 3. The SMILES string of the molecule is CC1CSC(=NN=Cc2ccc(-c3ncn(-c4ccc(OC(F)(F)F)cc4)n3)cc2)N1c1c(F)cccc1F. The third kappa shape index (κ3) is 6.08. The summed E-state index contributed by atoms with van der Waals surface area (Å²) >= 11 is 1.36. The Morgan fingerprint density at radius 3 is 2.36 bits per heavy atom. The van der Waals surface area contributed by atoms with E-state index in [0.29, 0.717) is 28.0 Å². The third-order valence-corrected chi connectivity index (χ3v) is 6.81. The lowest BCUT2D eigenvalue weighted by Gasteiger charge is -2.23. The van der Waals surface area contributed by atoms with Crippen molar-refractivity contribution in [3.63, 3.8) is 0 Å². The summed E-state index contributed by atoms with van der Waals surface area (Å²) in [5, 5.41) is 13.1. The van der Waals surface area contributed by atoms with E-state index in [0.717, 1.165) is 5.56 Å². The summed E-state index contributed by atoms with van der Waals surface area (Å²) in [6.07, 6.45) is -1.79. The van der Waals surface area contributed by atoms with E-state index >= 15 is 0 Å². The molecule has 13 heteroatoms. The first-order chi connectivity index (χ1) is 18.7. The largest absolute Gasteiger partial charge is 0.573 e. The zero-order valence-electron chi connectivity index (χ0n) is 20.2. The molecule has 1 unspecified atom stereocenters. The molecular weight excluding hydrogens is 539 g/mol. The molecule has 1 aliphatic rings. The lowest BCUT2D eigenvalue weighted by molar-refractivity contribution is -0.274. The predicted molar refractivity (Wildman–Crippen MR) is 139 cm³/mol. The van der Waals surface area contributed by atoms with Gasteiger partial charge in [0.1, 0.15) is 29.4 Å². The van der Waals surface area contributed by atoms with Crippen molar-refractivity contribution in [1.29, 1.82) is 0 Å². The molecule has 1 atom stereocenters. The summed E-state index contributed by atoms with van der Waals surface area (Å²) in [5.74, 6) is -0.641. The van der Waals surface area contributed by atoms with Gasteiger partial charge < -0.3 is 9.64 Å². The fourth-order valence-electron chi connectivity index (χ4n) is 3.82. The van der Waals surface area contributed by atoms with Crippen LogP contribution in [0.2, 0.25) is 0 Å². The normalized spacial score (nSPS) is 16.9. The van der Waals surface area contributed by atoms with Gasteiger partial charge in [-0.1, -0.05) is 42.1 Å². The Hall–Kier alpha value is -4.26. The second kappa shape index (κ2) is 10.8. The summed E-state index contributed by atoms with van der Waals surface area (Å²) in [6.45, 7) is 1.86. The first-order valence-corrected chi connectivity index (χ1v) is 12.5. The highest BCUT2D eigenvalue weighted by molar-refractivity contribution is 8.14. The minimum atomic E-state index is -4.76. The van der Waals surface area contributed by atoms with Gasteiger partial charge in [0.15, 0.2) is 11.0 Å². The number of anilines is 1. The van der Waals surface area contributed by atoms with Crippen LogP contribution in [0.4, 0.5) is 27.6 Å². The third-order valence-electron chi connectivity index (χ3n) is 5.62. The van der Waals surface area contributed by atoms with E-state index in [9.17, 15) is 22.0 Å². The first kappa shape index (κ1) is 26.4. The quantitative estimate of drug-likeness (QED) is 0.155. The molecule has 4 aromatic rings. The van der Waals surface area contributed by atoms with Gasteiger partial charge in [0, 0.05) is 17.4 Å². The topological polar surface area (TPSA) is 67.9 Å². The van der Waals surface area contributed by atoms with E-state index in [1.807, 2.05) is 6.92 Å². The number of ether oxygens (including phenoxy) is 1. The number of rotatable bonds is 6. The van der Waals surface area contributed by atoms with E-state index in [1.165, 1.54) is 76.4 Å². The molecule has 0 radical (unpaired) electrons. The Kier molecular flexibility index (Phi) is 7.33. The molecule has 5 rings (SSSR count). The number of amidine groups is 1. The van der Waals surface area contributed by atoms with Crippen LogP contribution in [0.3, 0.4) is 0 Å². The standard InChI is InChI=1S/C26H19F5N6OS/c1-16-14-39-25(37(16)23-21(27)3-2-4-22(23)28)34-33-13-17-5-7-18(8-6-17)24-32-15-36(35-24)19-9-11-20(12-10-19)38-26(29,30)31/h2-13,15-16H,14H2,1H3. The zero-order chi connectivity index (χ0) is 27.6. The van der Waals surface area contributed by atoms with E-state index < -0.39 is 18.0 Å². The van der Waals surface area contributed by atoms with Crippen LogP contribution in [0.25, 0.3) is 17.1 Å². The van der Waals surface area contributed by atoms with Crippen LogP contribution in [-0.4, -0.2) is 44.3 Å². The maximum atomic E-state index is 14.3. The molecule has 2 heterocycles. The minimum Gasteiger partial charge on any atom is -0.406 e. The number of para-hydroxylation sites is 1. The molecule has 200 valence electrons. The van der Waals surface area contributed by atoms with Gasteiger partial charge >= 0.3 is 6.36 Å². The molecule has 1 saturated heterocycles. The predicted octanol–water partition coefficient (Wildman–Crippen LogP) is 6.44. The highest BCUT2D eigenvalue weighted by Gasteiger charge is 2.32. The Bertz CT molecular complexity index is 1500. The van der Waals surface area contributed by atoms with Crippen LogP contribution >= 0.6 is 11.8 Å². The highest BCUT2D eigenvalue weighted by Crippen LogP contribution is 2.34. The lowest BCUT2D eigenvalue weighted by Crippen LogP contribution is -2.33. The van der Waals surface area contributed by atoms with Crippen molar-refractivity contribution in [1.82, 2.24) is 14.8 Å². The van der Waals surface area contributed by atoms with E-state index in [2.05, 4.69) is 25.0 Å².